The van der Waals surface area contributed by atoms with Gasteiger partial charge >= 0.3 is 0 Å². The molecule has 2 heterocycles. The first-order valence-corrected chi connectivity index (χ1v) is 8.04. The first kappa shape index (κ1) is 16.9. The van der Waals surface area contributed by atoms with Gasteiger partial charge in [0.25, 0.3) is 11.8 Å². The Bertz CT molecular complexity index is 772. The van der Waals surface area contributed by atoms with Gasteiger partial charge in [-0.1, -0.05) is 12.1 Å². The van der Waals surface area contributed by atoms with E-state index in [1.165, 1.54) is 6.20 Å². The average Bonchev–Trinajstić information content (AvgIpc) is 2.63. The predicted molar refractivity (Wildman–Crippen MR) is 91.6 cm³/mol. The Balaban J connectivity index is 1.72. The summed E-state index contributed by atoms with van der Waals surface area (Å²) in [5, 5.41) is 2.70. The molecule has 130 valence electrons. The Morgan fingerprint density at radius 1 is 1.20 bits per heavy atom. The Kier molecular flexibility index (Phi) is 5.25. The van der Waals surface area contributed by atoms with Crippen molar-refractivity contribution in [2.24, 2.45) is 5.73 Å². The number of pyridine rings is 1. The van der Waals surface area contributed by atoms with Crippen molar-refractivity contribution in [3.05, 3.63) is 53.7 Å². The van der Waals surface area contributed by atoms with Gasteiger partial charge in [0.05, 0.1) is 24.5 Å². The zero-order valence-corrected chi connectivity index (χ0v) is 13.6. The normalized spacial score (nSPS) is 14.7. The van der Waals surface area contributed by atoms with Crippen LogP contribution in [-0.2, 0) is 4.74 Å². The summed E-state index contributed by atoms with van der Waals surface area (Å²) in [6, 6.07) is 9.75. The van der Waals surface area contributed by atoms with Crippen LogP contribution < -0.4 is 15.8 Å². The quantitative estimate of drug-likeness (QED) is 0.865. The van der Waals surface area contributed by atoms with Crippen molar-refractivity contribution in [2.75, 3.05) is 18.5 Å². The van der Waals surface area contributed by atoms with Gasteiger partial charge in [-0.3, -0.25) is 9.59 Å². The summed E-state index contributed by atoms with van der Waals surface area (Å²) >= 11 is 0. The largest absolute Gasteiger partial charge is 0.474 e. The molecule has 2 aromatic rings. The molecule has 25 heavy (non-hydrogen) atoms. The topological polar surface area (TPSA) is 104 Å². The summed E-state index contributed by atoms with van der Waals surface area (Å²) < 4.78 is 11.1. The van der Waals surface area contributed by atoms with E-state index < -0.39 is 5.91 Å². The first-order chi connectivity index (χ1) is 12.1. The maximum atomic E-state index is 12.5. The van der Waals surface area contributed by atoms with Gasteiger partial charge < -0.3 is 20.5 Å². The summed E-state index contributed by atoms with van der Waals surface area (Å²) in [6.07, 6.45) is 3.15. The highest BCUT2D eigenvalue weighted by Gasteiger charge is 2.17. The van der Waals surface area contributed by atoms with Crippen LogP contribution in [0.3, 0.4) is 0 Å². The lowest BCUT2D eigenvalue weighted by atomic mass is 10.1. The molecule has 1 fully saturated rings. The number of para-hydroxylation sites is 1. The lowest BCUT2D eigenvalue weighted by Crippen LogP contribution is -2.26. The molecule has 3 N–H and O–H groups in total. The lowest BCUT2D eigenvalue weighted by molar-refractivity contribution is 0.0237. The third kappa shape index (κ3) is 4.33. The lowest BCUT2D eigenvalue weighted by Gasteiger charge is -2.22. The van der Waals surface area contributed by atoms with Crippen molar-refractivity contribution in [1.82, 2.24) is 4.98 Å². The number of nitrogens with one attached hydrogen (secondary N) is 1. The van der Waals surface area contributed by atoms with Crippen molar-refractivity contribution in [1.29, 1.82) is 0 Å². The number of benzene rings is 1. The van der Waals surface area contributed by atoms with E-state index in [1.54, 1.807) is 36.4 Å². The highest BCUT2D eigenvalue weighted by molar-refractivity contribution is 6.08. The van der Waals surface area contributed by atoms with Crippen LogP contribution in [0.4, 0.5) is 5.69 Å². The Morgan fingerprint density at radius 3 is 2.72 bits per heavy atom. The van der Waals surface area contributed by atoms with Crippen LogP contribution >= 0.6 is 0 Å². The summed E-state index contributed by atoms with van der Waals surface area (Å²) in [5.41, 5.74) is 6.33. The fraction of sp³-hybridized carbons (Fsp3) is 0.278. The molecular formula is C18H19N3O4. The second-order valence-corrected chi connectivity index (χ2v) is 5.68. The number of aromatic nitrogens is 1. The first-order valence-electron chi connectivity index (χ1n) is 8.04. The number of hydrogen-bond donors (Lipinski definition) is 2. The number of carbonyl (C=O) groups is 2. The van der Waals surface area contributed by atoms with Crippen LogP contribution in [0.1, 0.15) is 33.6 Å². The highest BCUT2D eigenvalue weighted by Crippen LogP contribution is 2.19. The van der Waals surface area contributed by atoms with Crippen molar-refractivity contribution in [3.63, 3.8) is 0 Å². The smallest absolute Gasteiger partial charge is 0.255 e. The minimum atomic E-state index is -0.603. The summed E-state index contributed by atoms with van der Waals surface area (Å²) in [7, 11) is 0. The Hall–Kier alpha value is -2.93. The minimum absolute atomic E-state index is 0.0372. The molecule has 0 bridgehead atoms. The molecule has 0 aliphatic carbocycles. The number of nitrogens with zero attached hydrogens (tertiary/aromatic N) is 1. The van der Waals surface area contributed by atoms with Crippen LogP contribution in [0.25, 0.3) is 0 Å². The number of ether oxygens (including phenoxy) is 2. The number of hydrogen-bond acceptors (Lipinski definition) is 5. The molecule has 1 aliphatic heterocycles. The Morgan fingerprint density at radius 2 is 1.96 bits per heavy atom. The molecule has 1 aliphatic rings. The maximum absolute atomic E-state index is 12.5. The van der Waals surface area contributed by atoms with E-state index in [0.717, 1.165) is 12.8 Å². The fourth-order valence-electron chi connectivity index (χ4n) is 2.58. The average molecular weight is 341 g/mol. The summed E-state index contributed by atoms with van der Waals surface area (Å²) in [5.74, 6) is -0.579. The summed E-state index contributed by atoms with van der Waals surface area (Å²) in [6.45, 7) is 1.32. The maximum Gasteiger partial charge on any atom is 0.255 e. The van der Waals surface area contributed by atoms with E-state index in [0.29, 0.717) is 30.3 Å². The molecule has 7 heteroatoms. The molecule has 3 rings (SSSR count). The third-order valence-corrected chi connectivity index (χ3v) is 3.89. The van der Waals surface area contributed by atoms with Crippen LogP contribution in [0.5, 0.6) is 5.88 Å². The van der Waals surface area contributed by atoms with Crippen molar-refractivity contribution < 1.29 is 19.1 Å². The van der Waals surface area contributed by atoms with Gasteiger partial charge in [0.15, 0.2) is 0 Å². The zero-order chi connectivity index (χ0) is 17.6. The minimum Gasteiger partial charge on any atom is -0.474 e. The van der Waals surface area contributed by atoms with E-state index >= 15 is 0 Å². The molecule has 1 aromatic heterocycles. The van der Waals surface area contributed by atoms with Gasteiger partial charge in [0.1, 0.15) is 6.10 Å². The Labute approximate surface area is 145 Å². The van der Waals surface area contributed by atoms with E-state index in [9.17, 15) is 9.59 Å². The van der Waals surface area contributed by atoms with E-state index in [-0.39, 0.29) is 17.6 Å². The molecule has 1 saturated heterocycles. The van der Waals surface area contributed by atoms with Crippen molar-refractivity contribution in [3.8, 4) is 5.88 Å². The molecule has 0 radical (unpaired) electrons. The monoisotopic (exact) mass is 341 g/mol. The molecule has 0 spiro atoms. The molecule has 0 atom stereocenters. The molecule has 7 nitrogen and oxygen atoms in total. The fourth-order valence-corrected chi connectivity index (χ4v) is 2.58. The number of rotatable bonds is 5. The van der Waals surface area contributed by atoms with Gasteiger partial charge in [0.2, 0.25) is 5.88 Å². The molecule has 0 saturated carbocycles. The van der Waals surface area contributed by atoms with Crippen LogP contribution in [0.15, 0.2) is 42.6 Å². The number of amides is 2. The standard InChI is InChI=1S/C18H19N3O4/c19-17(22)14-3-1-2-4-15(14)21-18(23)12-5-8-20-16(11-12)25-13-6-9-24-10-7-13/h1-5,8,11,13H,6-7,9-10H2,(H2,19,22)(H,21,23). The van der Waals surface area contributed by atoms with Crippen molar-refractivity contribution >= 4 is 17.5 Å². The van der Waals surface area contributed by atoms with Crippen molar-refractivity contribution in [2.45, 2.75) is 18.9 Å². The second kappa shape index (κ2) is 7.76. The van der Waals surface area contributed by atoms with Gasteiger partial charge in [0, 0.05) is 30.7 Å². The van der Waals surface area contributed by atoms with E-state index in [2.05, 4.69) is 10.3 Å². The molecular weight excluding hydrogens is 322 g/mol. The van der Waals surface area contributed by atoms with Crippen LogP contribution in [0, 0.1) is 0 Å². The van der Waals surface area contributed by atoms with Crippen LogP contribution in [0.2, 0.25) is 0 Å². The van der Waals surface area contributed by atoms with Gasteiger partial charge in [-0.15, -0.1) is 0 Å². The van der Waals surface area contributed by atoms with Gasteiger partial charge in [-0.2, -0.15) is 0 Å². The molecule has 2 amide bonds. The van der Waals surface area contributed by atoms with E-state index in [1.807, 2.05) is 0 Å². The van der Waals surface area contributed by atoms with Gasteiger partial charge in [-0.05, 0) is 18.2 Å². The SMILES string of the molecule is NC(=O)c1ccccc1NC(=O)c1ccnc(OC2CCOCC2)c1. The number of nitrogens with two attached hydrogens (primary N) is 1. The third-order valence-electron chi connectivity index (χ3n) is 3.89. The second-order valence-electron chi connectivity index (χ2n) is 5.68. The molecule has 1 aromatic carbocycles. The number of anilines is 1. The van der Waals surface area contributed by atoms with Crippen LogP contribution in [-0.4, -0.2) is 36.1 Å². The predicted octanol–water partition coefficient (Wildman–Crippen LogP) is 1.99. The highest BCUT2D eigenvalue weighted by atomic mass is 16.5. The van der Waals surface area contributed by atoms with E-state index in [4.69, 9.17) is 15.2 Å². The number of primary amides is 1. The summed E-state index contributed by atoms with van der Waals surface area (Å²) in [4.78, 5) is 28.1. The molecule has 0 unspecified atom stereocenters. The zero-order valence-electron chi connectivity index (χ0n) is 13.6. The number of carbonyl (C=O) groups excluding carboxylic acids is 2. The van der Waals surface area contributed by atoms with Gasteiger partial charge in [-0.25, -0.2) is 4.98 Å².